The van der Waals surface area contributed by atoms with Gasteiger partial charge in [0.05, 0.1) is 18.0 Å². The predicted octanol–water partition coefficient (Wildman–Crippen LogP) is 1.67. The van der Waals surface area contributed by atoms with E-state index in [2.05, 4.69) is 23.8 Å². The van der Waals surface area contributed by atoms with E-state index in [1.54, 1.807) is 12.4 Å². The minimum atomic E-state index is -0.0547. The molecule has 0 radical (unpaired) electrons. The molecule has 0 spiro atoms. The summed E-state index contributed by atoms with van der Waals surface area (Å²) in [6.07, 6.45) is 4.51. The van der Waals surface area contributed by atoms with Gasteiger partial charge in [0.2, 0.25) is 0 Å². The smallest absolute Gasteiger partial charge is 0.274 e. The number of nitrogens with zero attached hydrogens (tertiary/aromatic N) is 3. The molecule has 2 aliphatic rings. The third-order valence-electron chi connectivity index (χ3n) is 4.78. The normalized spacial score (nSPS) is 30.5. The van der Waals surface area contributed by atoms with E-state index in [9.17, 15) is 4.79 Å². The maximum absolute atomic E-state index is 12.5. The van der Waals surface area contributed by atoms with Crippen molar-refractivity contribution in [2.75, 3.05) is 13.7 Å². The molecule has 2 fully saturated rings. The Bertz CT molecular complexity index is 526. The second-order valence-electron chi connectivity index (χ2n) is 6.47. The summed E-state index contributed by atoms with van der Waals surface area (Å²) >= 11 is 0. The van der Waals surface area contributed by atoms with Gasteiger partial charge in [-0.05, 0) is 13.3 Å². The number of amides is 1. The maximum Gasteiger partial charge on any atom is 0.274 e. The molecule has 1 aromatic rings. The Hall–Kier alpha value is -1.49. The molecule has 2 heterocycles. The number of aryl methyl sites for hydroxylation is 1. The van der Waals surface area contributed by atoms with Crippen molar-refractivity contribution in [3.63, 3.8) is 0 Å². The van der Waals surface area contributed by atoms with E-state index in [0.29, 0.717) is 11.6 Å². The largest absolute Gasteiger partial charge is 0.377 e. The molecule has 1 amide bonds. The zero-order chi connectivity index (χ0) is 14.5. The minimum absolute atomic E-state index is 0.00367. The van der Waals surface area contributed by atoms with Crippen molar-refractivity contribution in [2.24, 2.45) is 11.3 Å². The van der Waals surface area contributed by atoms with Crippen LogP contribution in [0.5, 0.6) is 0 Å². The van der Waals surface area contributed by atoms with Gasteiger partial charge in [-0.3, -0.25) is 9.78 Å². The predicted molar refractivity (Wildman–Crippen MR) is 74.3 cm³/mol. The van der Waals surface area contributed by atoms with Crippen molar-refractivity contribution >= 4 is 5.91 Å². The van der Waals surface area contributed by atoms with E-state index in [1.165, 1.54) is 0 Å². The fourth-order valence-corrected chi connectivity index (χ4v) is 3.89. The molecule has 1 aliphatic carbocycles. The van der Waals surface area contributed by atoms with Crippen LogP contribution in [0.2, 0.25) is 0 Å². The summed E-state index contributed by atoms with van der Waals surface area (Å²) in [5.74, 6) is 0.401. The molecule has 1 saturated carbocycles. The molecule has 1 aliphatic heterocycles. The number of fused-ring (bicyclic) bond motifs is 1. The van der Waals surface area contributed by atoms with Crippen LogP contribution < -0.4 is 0 Å². The molecule has 5 heteroatoms. The third-order valence-corrected chi connectivity index (χ3v) is 4.78. The number of ether oxygens (including phenoxy) is 1. The van der Waals surface area contributed by atoms with Crippen LogP contribution in [0.3, 0.4) is 0 Å². The Morgan fingerprint density at radius 1 is 1.40 bits per heavy atom. The zero-order valence-electron chi connectivity index (χ0n) is 12.5. The van der Waals surface area contributed by atoms with E-state index in [1.807, 2.05) is 18.9 Å². The molecule has 0 aromatic carbocycles. The number of hydrogen-bond donors (Lipinski definition) is 0. The minimum Gasteiger partial charge on any atom is -0.377 e. The molecule has 5 nitrogen and oxygen atoms in total. The topological polar surface area (TPSA) is 55.3 Å². The first-order valence-electron chi connectivity index (χ1n) is 7.10. The lowest BCUT2D eigenvalue weighted by molar-refractivity contribution is -0.139. The van der Waals surface area contributed by atoms with Gasteiger partial charge in [-0.1, -0.05) is 13.8 Å². The van der Waals surface area contributed by atoms with E-state index in [4.69, 9.17) is 4.74 Å². The van der Waals surface area contributed by atoms with Gasteiger partial charge in [0.1, 0.15) is 5.69 Å². The molecular weight excluding hydrogens is 254 g/mol. The summed E-state index contributed by atoms with van der Waals surface area (Å²) in [7, 11) is 1.87. The number of hydrogen-bond acceptors (Lipinski definition) is 4. The Morgan fingerprint density at radius 3 is 2.80 bits per heavy atom. The van der Waals surface area contributed by atoms with Crippen molar-refractivity contribution in [1.82, 2.24) is 14.9 Å². The van der Waals surface area contributed by atoms with E-state index in [-0.39, 0.29) is 23.5 Å². The fourth-order valence-electron chi connectivity index (χ4n) is 3.89. The molecule has 1 saturated heterocycles. The highest BCUT2D eigenvalue weighted by Gasteiger charge is 2.61. The zero-order valence-corrected chi connectivity index (χ0v) is 12.5. The quantitative estimate of drug-likeness (QED) is 0.824. The lowest BCUT2D eigenvalue weighted by Gasteiger charge is -2.57. The van der Waals surface area contributed by atoms with E-state index < -0.39 is 0 Å². The summed E-state index contributed by atoms with van der Waals surface area (Å²) in [5, 5.41) is 0. The first kappa shape index (κ1) is 13.5. The Labute approximate surface area is 119 Å². The van der Waals surface area contributed by atoms with Gasteiger partial charge in [-0.2, -0.15) is 0 Å². The monoisotopic (exact) mass is 275 g/mol. The van der Waals surface area contributed by atoms with Crippen molar-refractivity contribution in [2.45, 2.75) is 39.3 Å². The fraction of sp³-hybridized carbons (Fsp3) is 0.667. The van der Waals surface area contributed by atoms with Crippen LogP contribution in [-0.2, 0) is 4.74 Å². The van der Waals surface area contributed by atoms with Gasteiger partial charge in [-0.15, -0.1) is 0 Å². The highest BCUT2D eigenvalue weighted by atomic mass is 16.5. The number of carbonyl (C=O) groups excluding carboxylic acids is 1. The first-order chi connectivity index (χ1) is 9.43. The van der Waals surface area contributed by atoms with Crippen LogP contribution in [0.1, 0.15) is 36.5 Å². The average Bonchev–Trinajstić information content (AvgIpc) is 2.85. The lowest BCUT2D eigenvalue weighted by Crippen LogP contribution is -2.66. The van der Waals surface area contributed by atoms with Crippen molar-refractivity contribution in [1.29, 1.82) is 0 Å². The highest BCUT2D eigenvalue weighted by Crippen LogP contribution is 2.54. The molecule has 108 valence electrons. The van der Waals surface area contributed by atoms with Crippen LogP contribution in [0, 0.1) is 18.3 Å². The SMILES string of the molecule is Cc1cnc(C(=O)N(C)[C@@H]2[C@@H]3CCO[C@H]3C2(C)C)cn1. The van der Waals surface area contributed by atoms with Crippen molar-refractivity contribution < 1.29 is 9.53 Å². The molecule has 20 heavy (non-hydrogen) atoms. The van der Waals surface area contributed by atoms with Gasteiger partial charge >= 0.3 is 0 Å². The first-order valence-corrected chi connectivity index (χ1v) is 7.10. The van der Waals surface area contributed by atoms with Gasteiger partial charge in [0.25, 0.3) is 5.91 Å². The maximum atomic E-state index is 12.5. The van der Waals surface area contributed by atoms with E-state index >= 15 is 0 Å². The molecule has 3 atom stereocenters. The number of aromatic nitrogens is 2. The number of rotatable bonds is 2. The highest BCUT2D eigenvalue weighted by molar-refractivity contribution is 5.92. The Morgan fingerprint density at radius 2 is 2.15 bits per heavy atom. The van der Waals surface area contributed by atoms with Crippen LogP contribution in [0.25, 0.3) is 0 Å². The summed E-state index contributed by atoms with van der Waals surface area (Å²) in [6.45, 7) is 7.02. The average molecular weight is 275 g/mol. The van der Waals surface area contributed by atoms with Crippen molar-refractivity contribution in [3.05, 3.63) is 23.8 Å². The van der Waals surface area contributed by atoms with Crippen LogP contribution in [-0.4, -0.2) is 46.6 Å². The van der Waals surface area contributed by atoms with Crippen LogP contribution >= 0.6 is 0 Å². The van der Waals surface area contributed by atoms with Gasteiger partial charge in [0.15, 0.2) is 0 Å². The summed E-state index contributed by atoms with van der Waals surface area (Å²) in [5.41, 5.74) is 1.23. The van der Waals surface area contributed by atoms with Crippen LogP contribution in [0.4, 0.5) is 0 Å². The third kappa shape index (κ3) is 1.84. The van der Waals surface area contributed by atoms with Gasteiger partial charge in [-0.25, -0.2) is 4.98 Å². The summed E-state index contributed by atoms with van der Waals surface area (Å²) in [6, 6.07) is 0.214. The molecule has 1 aromatic heterocycles. The van der Waals surface area contributed by atoms with Crippen LogP contribution in [0.15, 0.2) is 12.4 Å². The molecule has 0 unspecified atom stereocenters. The molecular formula is C15H21N3O2. The summed E-state index contributed by atoms with van der Waals surface area (Å²) in [4.78, 5) is 22.7. The van der Waals surface area contributed by atoms with Gasteiger partial charge in [0, 0.05) is 37.2 Å². The Balaban J connectivity index is 1.80. The Kier molecular flexibility index (Phi) is 3.05. The lowest BCUT2D eigenvalue weighted by atomic mass is 9.57. The molecule has 0 bridgehead atoms. The second kappa shape index (κ2) is 4.52. The van der Waals surface area contributed by atoms with Crippen molar-refractivity contribution in [3.8, 4) is 0 Å². The standard InChI is InChI=1S/C15H21N3O2/c1-9-7-17-11(8-16-9)14(19)18(4)12-10-5-6-20-13(10)15(12,2)3/h7-8,10,12-13H,5-6H2,1-4H3/t10-,12+,13+/m0/s1. The molecule has 3 rings (SSSR count). The second-order valence-corrected chi connectivity index (χ2v) is 6.47. The molecule has 0 N–H and O–H groups in total. The van der Waals surface area contributed by atoms with E-state index in [0.717, 1.165) is 18.7 Å². The summed E-state index contributed by atoms with van der Waals surface area (Å²) < 4.78 is 5.78. The van der Waals surface area contributed by atoms with Gasteiger partial charge < -0.3 is 9.64 Å². The number of carbonyl (C=O) groups is 1.